The van der Waals surface area contributed by atoms with Gasteiger partial charge in [-0.05, 0) is 30.3 Å². The van der Waals surface area contributed by atoms with Crippen molar-refractivity contribution < 1.29 is 18.7 Å². The zero-order valence-electron chi connectivity index (χ0n) is 13.5. The number of rotatable bonds is 4. The fourth-order valence-electron chi connectivity index (χ4n) is 2.34. The molecule has 1 aromatic heterocycles. The minimum Gasteiger partial charge on any atom is -0.497 e. The lowest BCUT2D eigenvalue weighted by atomic mass is 10.2. The Balaban J connectivity index is 1.98. The number of methoxy groups -OCH3 is 2. The van der Waals surface area contributed by atoms with E-state index in [-0.39, 0.29) is 11.2 Å². The third kappa shape index (κ3) is 3.51. The third-order valence-corrected chi connectivity index (χ3v) is 4.06. The summed E-state index contributed by atoms with van der Waals surface area (Å²) in [6.07, 6.45) is 0. The summed E-state index contributed by atoms with van der Waals surface area (Å²) in [6, 6.07) is 11.2. The molecule has 3 aromatic rings. The lowest BCUT2D eigenvalue weighted by molar-refractivity contribution is 0.0997. The standard InChI is InChI=1S/C18H14BrNO5/c1-23-11-4-6-16(24-2)13(8-11)20-18(22)17-9-14(21)12-7-10(19)3-5-15(12)25-17/h3-9H,1-2H3,(H,20,22). The number of fused-ring (bicyclic) bond motifs is 1. The Labute approximate surface area is 151 Å². The molecule has 25 heavy (non-hydrogen) atoms. The van der Waals surface area contributed by atoms with Crippen LogP contribution in [0.25, 0.3) is 11.0 Å². The van der Waals surface area contributed by atoms with Gasteiger partial charge in [0.1, 0.15) is 17.1 Å². The van der Waals surface area contributed by atoms with Crippen LogP contribution < -0.4 is 20.2 Å². The van der Waals surface area contributed by atoms with Gasteiger partial charge in [0.05, 0.1) is 25.3 Å². The van der Waals surface area contributed by atoms with E-state index in [9.17, 15) is 9.59 Å². The van der Waals surface area contributed by atoms with Crippen LogP contribution in [0.2, 0.25) is 0 Å². The first-order chi connectivity index (χ1) is 12.0. The highest BCUT2D eigenvalue weighted by Crippen LogP contribution is 2.29. The first kappa shape index (κ1) is 17.0. The first-order valence-electron chi connectivity index (χ1n) is 7.28. The molecule has 6 nitrogen and oxygen atoms in total. The van der Waals surface area contributed by atoms with Crippen LogP contribution >= 0.6 is 15.9 Å². The number of carbonyl (C=O) groups excluding carboxylic acids is 1. The highest BCUT2D eigenvalue weighted by molar-refractivity contribution is 9.10. The largest absolute Gasteiger partial charge is 0.497 e. The predicted octanol–water partition coefficient (Wildman–Crippen LogP) is 3.83. The Morgan fingerprint density at radius 2 is 1.88 bits per heavy atom. The molecule has 0 saturated carbocycles. The van der Waals surface area contributed by atoms with Crippen LogP contribution in [0.15, 0.2) is 56.1 Å². The number of hydrogen-bond donors (Lipinski definition) is 1. The number of halogens is 1. The van der Waals surface area contributed by atoms with E-state index >= 15 is 0 Å². The van der Waals surface area contributed by atoms with Gasteiger partial charge in [-0.2, -0.15) is 0 Å². The fraction of sp³-hybridized carbons (Fsp3) is 0.111. The van der Waals surface area contributed by atoms with Gasteiger partial charge in [-0.15, -0.1) is 0 Å². The smallest absolute Gasteiger partial charge is 0.291 e. The molecule has 3 rings (SSSR count). The summed E-state index contributed by atoms with van der Waals surface area (Å²) in [6.45, 7) is 0. The van der Waals surface area contributed by atoms with E-state index in [0.717, 1.165) is 10.5 Å². The van der Waals surface area contributed by atoms with Crippen LogP contribution in [0.1, 0.15) is 10.6 Å². The minimum absolute atomic E-state index is 0.0929. The van der Waals surface area contributed by atoms with E-state index < -0.39 is 5.91 Å². The molecular weight excluding hydrogens is 390 g/mol. The monoisotopic (exact) mass is 403 g/mol. The summed E-state index contributed by atoms with van der Waals surface area (Å²) in [5, 5.41) is 3.06. The topological polar surface area (TPSA) is 77.8 Å². The van der Waals surface area contributed by atoms with E-state index in [1.165, 1.54) is 14.2 Å². The molecule has 0 saturated heterocycles. The molecule has 1 amide bonds. The Morgan fingerprint density at radius 1 is 1.08 bits per heavy atom. The first-order valence-corrected chi connectivity index (χ1v) is 8.08. The minimum atomic E-state index is -0.562. The van der Waals surface area contributed by atoms with Crippen molar-refractivity contribution in [1.82, 2.24) is 0 Å². The molecule has 1 N–H and O–H groups in total. The summed E-state index contributed by atoms with van der Waals surface area (Å²) >= 11 is 3.30. The van der Waals surface area contributed by atoms with Crippen molar-refractivity contribution in [2.75, 3.05) is 19.5 Å². The van der Waals surface area contributed by atoms with Crippen LogP contribution in [0, 0.1) is 0 Å². The van der Waals surface area contributed by atoms with Gasteiger partial charge < -0.3 is 19.2 Å². The van der Waals surface area contributed by atoms with Gasteiger partial charge in [-0.25, -0.2) is 0 Å². The van der Waals surface area contributed by atoms with Gasteiger partial charge in [0.15, 0.2) is 11.2 Å². The van der Waals surface area contributed by atoms with Crippen molar-refractivity contribution in [3.05, 3.63) is 62.9 Å². The molecule has 2 aromatic carbocycles. The van der Waals surface area contributed by atoms with E-state index in [2.05, 4.69) is 21.2 Å². The van der Waals surface area contributed by atoms with Gasteiger partial charge in [0.25, 0.3) is 5.91 Å². The summed E-state index contributed by atoms with van der Waals surface area (Å²) in [5.41, 5.74) is 0.439. The Bertz CT molecular complexity index is 1010. The maximum absolute atomic E-state index is 12.5. The number of anilines is 1. The third-order valence-electron chi connectivity index (χ3n) is 3.57. The number of ether oxygens (including phenoxy) is 2. The fourth-order valence-corrected chi connectivity index (χ4v) is 2.70. The van der Waals surface area contributed by atoms with Gasteiger partial charge in [0, 0.05) is 16.6 Å². The molecule has 0 aliphatic rings. The second kappa shape index (κ2) is 6.98. The number of benzene rings is 2. The zero-order chi connectivity index (χ0) is 18.0. The lowest BCUT2D eigenvalue weighted by Gasteiger charge is -2.11. The molecule has 0 bridgehead atoms. The van der Waals surface area contributed by atoms with Gasteiger partial charge >= 0.3 is 0 Å². The molecule has 0 atom stereocenters. The number of hydrogen-bond acceptors (Lipinski definition) is 5. The molecule has 0 unspecified atom stereocenters. The number of nitrogens with one attached hydrogen (secondary N) is 1. The molecular formula is C18H14BrNO5. The molecule has 0 spiro atoms. The van der Waals surface area contributed by atoms with Crippen LogP contribution in [-0.2, 0) is 0 Å². The Kier molecular flexibility index (Phi) is 4.76. The van der Waals surface area contributed by atoms with E-state index in [1.807, 2.05) is 0 Å². The predicted molar refractivity (Wildman–Crippen MR) is 97.7 cm³/mol. The average molecular weight is 404 g/mol. The van der Waals surface area contributed by atoms with Crippen LogP contribution in [0.3, 0.4) is 0 Å². The molecule has 0 fully saturated rings. The maximum atomic E-state index is 12.5. The van der Waals surface area contributed by atoms with Crippen molar-refractivity contribution >= 4 is 38.5 Å². The highest BCUT2D eigenvalue weighted by atomic mass is 79.9. The van der Waals surface area contributed by atoms with E-state index in [1.54, 1.807) is 36.4 Å². The van der Waals surface area contributed by atoms with Crippen LogP contribution in [0.4, 0.5) is 5.69 Å². The van der Waals surface area contributed by atoms with Crippen molar-refractivity contribution in [1.29, 1.82) is 0 Å². The van der Waals surface area contributed by atoms with Gasteiger partial charge in [0.2, 0.25) is 0 Å². The van der Waals surface area contributed by atoms with E-state index in [0.29, 0.717) is 28.2 Å². The molecule has 0 radical (unpaired) electrons. The summed E-state index contributed by atoms with van der Waals surface area (Å²) < 4.78 is 16.7. The normalized spacial score (nSPS) is 10.5. The highest BCUT2D eigenvalue weighted by Gasteiger charge is 2.15. The average Bonchev–Trinajstić information content (AvgIpc) is 2.62. The SMILES string of the molecule is COc1ccc(OC)c(NC(=O)c2cc(=O)c3cc(Br)ccc3o2)c1. The van der Waals surface area contributed by atoms with Crippen LogP contribution in [0.5, 0.6) is 11.5 Å². The molecule has 7 heteroatoms. The Morgan fingerprint density at radius 3 is 2.60 bits per heavy atom. The maximum Gasteiger partial charge on any atom is 0.291 e. The van der Waals surface area contributed by atoms with Crippen molar-refractivity contribution in [2.24, 2.45) is 0 Å². The number of carbonyl (C=O) groups is 1. The number of amides is 1. The molecule has 0 aliphatic carbocycles. The van der Waals surface area contributed by atoms with Gasteiger partial charge in [-0.3, -0.25) is 9.59 Å². The summed E-state index contributed by atoms with van der Waals surface area (Å²) in [5.74, 6) is 0.361. The van der Waals surface area contributed by atoms with E-state index in [4.69, 9.17) is 13.9 Å². The lowest BCUT2D eigenvalue weighted by Crippen LogP contribution is -2.15. The molecule has 128 valence electrons. The summed E-state index contributed by atoms with van der Waals surface area (Å²) in [7, 11) is 3.01. The quantitative estimate of drug-likeness (QED) is 0.716. The molecule has 1 heterocycles. The van der Waals surface area contributed by atoms with Crippen molar-refractivity contribution in [2.45, 2.75) is 0 Å². The van der Waals surface area contributed by atoms with Crippen LogP contribution in [-0.4, -0.2) is 20.1 Å². The second-order valence-corrected chi connectivity index (χ2v) is 6.05. The van der Waals surface area contributed by atoms with Crippen molar-refractivity contribution in [3.63, 3.8) is 0 Å². The van der Waals surface area contributed by atoms with Gasteiger partial charge in [-0.1, -0.05) is 15.9 Å². The second-order valence-electron chi connectivity index (χ2n) is 5.14. The molecule has 0 aliphatic heterocycles. The van der Waals surface area contributed by atoms with Crippen molar-refractivity contribution in [3.8, 4) is 11.5 Å². The Hall–Kier alpha value is -2.80. The summed E-state index contributed by atoms with van der Waals surface area (Å²) in [4.78, 5) is 24.7. The zero-order valence-corrected chi connectivity index (χ0v) is 15.0.